The third-order valence-corrected chi connectivity index (χ3v) is 2.45. The first kappa shape index (κ1) is 14.4. The number of alkyl halides is 6. The SMILES string of the molecule is C[C@H](Oc1ccc(C(F)(F)F)c2ncnn12)C(F)(F)F. The zero-order valence-corrected chi connectivity index (χ0v) is 9.83. The van der Waals surface area contributed by atoms with Crippen LogP contribution in [0.4, 0.5) is 26.3 Å². The quantitative estimate of drug-likeness (QED) is 0.800. The zero-order chi connectivity index (χ0) is 15.1. The average molecular weight is 299 g/mol. The highest BCUT2D eigenvalue weighted by Crippen LogP contribution is 2.34. The monoisotopic (exact) mass is 299 g/mol. The second kappa shape index (κ2) is 4.53. The number of hydrogen-bond donors (Lipinski definition) is 0. The molecule has 0 fully saturated rings. The topological polar surface area (TPSA) is 39.4 Å². The molecule has 0 bridgehead atoms. The second-order valence-electron chi connectivity index (χ2n) is 3.88. The van der Waals surface area contributed by atoms with Crippen LogP contribution in [0.1, 0.15) is 12.5 Å². The molecule has 2 rings (SSSR count). The van der Waals surface area contributed by atoms with Crippen molar-refractivity contribution in [1.29, 1.82) is 0 Å². The predicted octanol–water partition coefficient (Wildman–Crippen LogP) is 3.08. The van der Waals surface area contributed by atoms with Crippen LogP contribution < -0.4 is 4.74 Å². The molecule has 0 saturated carbocycles. The number of halogens is 6. The smallest absolute Gasteiger partial charge is 0.425 e. The normalized spacial score (nSPS) is 14.6. The van der Waals surface area contributed by atoms with Crippen LogP contribution in [0.5, 0.6) is 5.88 Å². The molecule has 0 radical (unpaired) electrons. The number of nitrogens with zero attached hydrogens (tertiary/aromatic N) is 3. The Balaban J connectivity index is 2.46. The van der Waals surface area contributed by atoms with Crippen molar-refractivity contribution in [3.8, 4) is 5.88 Å². The lowest BCUT2D eigenvalue weighted by Crippen LogP contribution is -2.31. The lowest BCUT2D eigenvalue weighted by Gasteiger charge is -2.18. The molecule has 0 N–H and O–H groups in total. The Morgan fingerprint density at radius 2 is 1.80 bits per heavy atom. The van der Waals surface area contributed by atoms with Crippen molar-refractivity contribution >= 4 is 5.65 Å². The molecule has 0 aliphatic rings. The van der Waals surface area contributed by atoms with Gasteiger partial charge in [0.05, 0.1) is 0 Å². The molecule has 1 atom stereocenters. The first-order valence-corrected chi connectivity index (χ1v) is 5.24. The van der Waals surface area contributed by atoms with Crippen LogP contribution in [0.25, 0.3) is 5.65 Å². The Kier molecular flexibility index (Phi) is 3.26. The number of aromatic nitrogens is 3. The number of rotatable bonds is 2. The van der Waals surface area contributed by atoms with Crippen molar-refractivity contribution in [3.05, 3.63) is 24.0 Å². The summed E-state index contributed by atoms with van der Waals surface area (Å²) in [4.78, 5) is 3.39. The lowest BCUT2D eigenvalue weighted by atomic mass is 10.2. The summed E-state index contributed by atoms with van der Waals surface area (Å²) in [5.41, 5.74) is -1.73. The van der Waals surface area contributed by atoms with Crippen molar-refractivity contribution in [3.63, 3.8) is 0 Å². The van der Waals surface area contributed by atoms with E-state index in [4.69, 9.17) is 0 Å². The van der Waals surface area contributed by atoms with E-state index in [1.165, 1.54) is 0 Å². The van der Waals surface area contributed by atoms with Gasteiger partial charge < -0.3 is 4.74 Å². The third kappa shape index (κ3) is 2.63. The van der Waals surface area contributed by atoms with Crippen molar-refractivity contribution in [1.82, 2.24) is 14.6 Å². The van der Waals surface area contributed by atoms with E-state index in [9.17, 15) is 26.3 Å². The van der Waals surface area contributed by atoms with Gasteiger partial charge >= 0.3 is 12.4 Å². The first-order valence-electron chi connectivity index (χ1n) is 5.24. The van der Waals surface area contributed by atoms with E-state index in [2.05, 4.69) is 14.8 Å². The maximum absolute atomic E-state index is 12.7. The molecule has 2 aromatic heterocycles. The fraction of sp³-hybridized carbons (Fsp3) is 0.400. The Bertz CT molecular complexity index is 617. The van der Waals surface area contributed by atoms with Gasteiger partial charge in [0.25, 0.3) is 0 Å². The largest absolute Gasteiger partial charge is 0.465 e. The number of hydrogen-bond acceptors (Lipinski definition) is 3. The summed E-state index contributed by atoms with van der Waals surface area (Å²) in [7, 11) is 0. The molecule has 10 heteroatoms. The summed E-state index contributed by atoms with van der Waals surface area (Å²) >= 11 is 0. The number of pyridine rings is 1. The highest BCUT2D eigenvalue weighted by Gasteiger charge is 2.39. The summed E-state index contributed by atoms with van der Waals surface area (Å²) in [6, 6.07) is 1.37. The van der Waals surface area contributed by atoms with Gasteiger partial charge in [-0.2, -0.15) is 36.0 Å². The minimum Gasteiger partial charge on any atom is -0.465 e. The molecular weight excluding hydrogens is 292 g/mol. The van der Waals surface area contributed by atoms with E-state index in [1.807, 2.05) is 0 Å². The lowest BCUT2D eigenvalue weighted by molar-refractivity contribution is -0.190. The summed E-state index contributed by atoms with van der Waals surface area (Å²) in [5, 5.41) is 3.44. The molecule has 0 aliphatic carbocycles. The molecule has 20 heavy (non-hydrogen) atoms. The third-order valence-electron chi connectivity index (χ3n) is 2.45. The van der Waals surface area contributed by atoms with Crippen LogP contribution in [0, 0.1) is 0 Å². The van der Waals surface area contributed by atoms with E-state index in [0.717, 1.165) is 19.3 Å². The average Bonchev–Trinajstić information content (AvgIpc) is 2.75. The van der Waals surface area contributed by atoms with E-state index in [0.29, 0.717) is 10.6 Å². The van der Waals surface area contributed by atoms with Gasteiger partial charge in [0.2, 0.25) is 5.88 Å². The highest BCUT2D eigenvalue weighted by molar-refractivity contribution is 5.50. The molecule has 2 heterocycles. The fourth-order valence-electron chi connectivity index (χ4n) is 1.44. The number of ether oxygens (including phenoxy) is 1. The van der Waals surface area contributed by atoms with Gasteiger partial charge in [-0.15, -0.1) is 0 Å². The standard InChI is InChI=1S/C10H7F6N3O/c1-5(9(11,12)13)20-7-3-2-6(10(14,15)16)8-17-4-18-19(7)8/h2-5H,1H3/t5-/m0/s1. The van der Waals surface area contributed by atoms with Gasteiger partial charge in [0.15, 0.2) is 11.8 Å². The first-order chi connectivity index (χ1) is 9.10. The van der Waals surface area contributed by atoms with E-state index < -0.39 is 35.5 Å². The van der Waals surface area contributed by atoms with Crippen LogP contribution >= 0.6 is 0 Å². The molecule has 0 saturated heterocycles. The van der Waals surface area contributed by atoms with Crippen molar-refractivity contribution < 1.29 is 31.1 Å². The van der Waals surface area contributed by atoms with Crippen LogP contribution in [-0.4, -0.2) is 26.9 Å². The Morgan fingerprint density at radius 3 is 2.35 bits per heavy atom. The maximum atomic E-state index is 12.7. The molecule has 0 unspecified atom stereocenters. The fourth-order valence-corrected chi connectivity index (χ4v) is 1.44. The van der Waals surface area contributed by atoms with Crippen LogP contribution in [0.2, 0.25) is 0 Å². The van der Waals surface area contributed by atoms with E-state index >= 15 is 0 Å². The summed E-state index contributed by atoms with van der Waals surface area (Å²) in [6.45, 7) is 0.737. The maximum Gasteiger partial charge on any atom is 0.425 e. The molecule has 110 valence electrons. The Hall–Kier alpha value is -2.00. The van der Waals surface area contributed by atoms with Gasteiger partial charge in [-0.05, 0) is 13.0 Å². The molecular formula is C10H7F6N3O. The van der Waals surface area contributed by atoms with Crippen LogP contribution in [-0.2, 0) is 6.18 Å². The molecule has 2 aromatic rings. The van der Waals surface area contributed by atoms with Crippen molar-refractivity contribution in [2.24, 2.45) is 0 Å². The summed E-state index contributed by atoms with van der Waals surface area (Å²) in [6.07, 6.45) is -10.7. The van der Waals surface area contributed by atoms with Gasteiger partial charge in [-0.3, -0.25) is 0 Å². The van der Waals surface area contributed by atoms with E-state index in [1.54, 1.807) is 0 Å². The molecule has 0 aliphatic heterocycles. The van der Waals surface area contributed by atoms with Crippen molar-refractivity contribution in [2.45, 2.75) is 25.4 Å². The van der Waals surface area contributed by atoms with Gasteiger partial charge in [-0.25, -0.2) is 4.98 Å². The number of fused-ring (bicyclic) bond motifs is 1. The van der Waals surface area contributed by atoms with Gasteiger partial charge in [0, 0.05) is 6.07 Å². The highest BCUT2D eigenvalue weighted by atomic mass is 19.4. The zero-order valence-electron chi connectivity index (χ0n) is 9.83. The van der Waals surface area contributed by atoms with Crippen molar-refractivity contribution in [2.75, 3.05) is 0 Å². The summed E-state index contributed by atoms with van der Waals surface area (Å²) < 4.78 is 80.3. The Morgan fingerprint density at radius 1 is 1.15 bits per heavy atom. The second-order valence-corrected chi connectivity index (χ2v) is 3.88. The molecule has 0 spiro atoms. The van der Waals surface area contributed by atoms with E-state index in [-0.39, 0.29) is 0 Å². The molecule has 0 aromatic carbocycles. The predicted molar refractivity (Wildman–Crippen MR) is 54.1 cm³/mol. The Labute approximate surface area is 108 Å². The van der Waals surface area contributed by atoms with Crippen LogP contribution in [0.15, 0.2) is 18.5 Å². The summed E-state index contributed by atoms with van der Waals surface area (Å²) in [5.74, 6) is -0.477. The van der Waals surface area contributed by atoms with Gasteiger partial charge in [-0.1, -0.05) is 0 Å². The molecule has 4 nitrogen and oxygen atoms in total. The van der Waals surface area contributed by atoms with Gasteiger partial charge in [0.1, 0.15) is 11.9 Å². The van der Waals surface area contributed by atoms with Crippen LogP contribution in [0.3, 0.4) is 0 Å². The minimum atomic E-state index is -4.69. The minimum absolute atomic E-state index is 0.477. The molecule has 0 amide bonds.